The molecule has 0 radical (unpaired) electrons. The second-order valence-corrected chi connectivity index (χ2v) is 6.38. The van der Waals surface area contributed by atoms with Crippen molar-refractivity contribution in [1.82, 2.24) is 10.2 Å². The summed E-state index contributed by atoms with van der Waals surface area (Å²) < 4.78 is 0. The van der Waals surface area contributed by atoms with Crippen molar-refractivity contribution in [3.63, 3.8) is 0 Å². The molecule has 1 aliphatic heterocycles. The van der Waals surface area contributed by atoms with Crippen LogP contribution in [0, 0.1) is 5.92 Å². The fourth-order valence-electron chi connectivity index (χ4n) is 2.72. The highest BCUT2D eigenvalue weighted by molar-refractivity contribution is 6.36. The molecule has 1 aromatic carbocycles. The van der Waals surface area contributed by atoms with Gasteiger partial charge in [-0.2, -0.15) is 0 Å². The fourth-order valence-corrected chi connectivity index (χ4v) is 3.37. The van der Waals surface area contributed by atoms with Gasteiger partial charge in [-0.3, -0.25) is 4.90 Å². The van der Waals surface area contributed by atoms with Crippen molar-refractivity contribution in [3.05, 3.63) is 33.8 Å². The zero-order valence-corrected chi connectivity index (χ0v) is 13.1. The molecule has 2 rings (SSSR count). The standard InChI is InChI=1S/C15H22Cl2N2/c1-11(2)10-14(19-8-6-18-7-9-19)15-12(16)4-3-5-13(15)17/h3-5,11,14,18H,6-10H2,1-2H3/t14-/m1/s1. The van der Waals surface area contributed by atoms with Crippen molar-refractivity contribution in [1.29, 1.82) is 0 Å². The smallest absolute Gasteiger partial charge is 0.0468 e. The summed E-state index contributed by atoms with van der Waals surface area (Å²) in [6.45, 7) is 8.69. The van der Waals surface area contributed by atoms with Gasteiger partial charge in [0.15, 0.2) is 0 Å². The molecule has 0 spiro atoms. The van der Waals surface area contributed by atoms with Crippen LogP contribution < -0.4 is 5.32 Å². The van der Waals surface area contributed by atoms with Crippen molar-refractivity contribution < 1.29 is 0 Å². The van der Waals surface area contributed by atoms with Gasteiger partial charge in [0.05, 0.1) is 0 Å². The third-order valence-electron chi connectivity index (χ3n) is 3.62. The van der Waals surface area contributed by atoms with E-state index in [2.05, 4.69) is 24.1 Å². The maximum absolute atomic E-state index is 6.40. The first kappa shape index (κ1) is 15.1. The Bertz CT molecular complexity index is 394. The molecule has 0 bridgehead atoms. The molecule has 0 unspecified atom stereocenters. The Labute approximate surface area is 126 Å². The molecular weight excluding hydrogens is 279 g/mol. The van der Waals surface area contributed by atoms with E-state index in [1.807, 2.05) is 18.2 Å². The molecular formula is C15H22Cl2N2. The van der Waals surface area contributed by atoms with Gasteiger partial charge in [0, 0.05) is 47.8 Å². The lowest BCUT2D eigenvalue weighted by atomic mass is 9.95. The van der Waals surface area contributed by atoms with Crippen molar-refractivity contribution in [3.8, 4) is 0 Å². The molecule has 0 aliphatic carbocycles. The Kier molecular flexibility index (Phi) is 5.52. The molecule has 1 aromatic rings. The number of hydrogen-bond acceptors (Lipinski definition) is 2. The monoisotopic (exact) mass is 300 g/mol. The molecule has 1 N–H and O–H groups in total. The Morgan fingerprint density at radius 3 is 2.26 bits per heavy atom. The van der Waals surface area contributed by atoms with Crippen LogP contribution in [0.5, 0.6) is 0 Å². The maximum Gasteiger partial charge on any atom is 0.0468 e. The van der Waals surface area contributed by atoms with E-state index in [-0.39, 0.29) is 0 Å². The van der Waals surface area contributed by atoms with Crippen LogP contribution in [0.1, 0.15) is 31.9 Å². The SMILES string of the molecule is CC(C)C[C@H](c1c(Cl)cccc1Cl)N1CCNCC1. The summed E-state index contributed by atoms with van der Waals surface area (Å²) in [5.74, 6) is 0.618. The molecule has 1 aliphatic rings. The molecule has 1 atom stereocenters. The summed E-state index contributed by atoms with van der Waals surface area (Å²) in [4.78, 5) is 2.50. The summed E-state index contributed by atoms with van der Waals surface area (Å²) in [5, 5.41) is 4.97. The van der Waals surface area contributed by atoms with Crippen LogP contribution in [0.3, 0.4) is 0 Å². The molecule has 1 saturated heterocycles. The van der Waals surface area contributed by atoms with Crippen molar-refractivity contribution >= 4 is 23.2 Å². The molecule has 4 heteroatoms. The highest BCUT2D eigenvalue weighted by atomic mass is 35.5. The lowest BCUT2D eigenvalue weighted by molar-refractivity contribution is 0.154. The molecule has 0 amide bonds. The first-order valence-corrected chi connectivity index (χ1v) is 7.74. The molecule has 1 heterocycles. The number of nitrogens with one attached hydrogen (secondary N) is 1. The van der Waals surface area contributed by atoms with Crippen molar-refractivity contribution in [2.75, 3.05) is 26.2 Å². The molecule has 106 valence electrons. The lowest BCUT2D eigenvalue weighted by Crippen LogP contribution is -2.45. The van der Waals surface area contributed by atoms with Crippen LogP contribution >= 0.6 is 23.2 Å². The number of rotatable bonds is 4. The zero-order chi connectivity index (χ0) is 13.8. The van der Waals surface area contributed by atoms with E-state index in [0.29, 0.717) is 12.0 Å². The number of benzene rings is 1. The van der Waals surface area contributed by atoms with Gasteiger partial charge in [-0.05, 0) is 24.5 Å². The van der Waals surface area contributed by atoms with Gasteiger partial charge in [0.1, 0.15) is 0 Å². The minimum Gasteiger partial charge on any atom is -0.314 e. The van der Waals surface area contributed by atoms with Crippen LogP contribution in [0.25, 0.3) is 0 Å². The normalized spacial score (nSPS) is 18.8. The Morgan fingerprint density at radius 2 is 1.74 bits per heavy atom. The van der Waals surface area contributed by atoms with Crippen molar-refractivity contribution in [2.24, 2.45) is 5.92 Å². The Balaban J connectivity index is 2.30. The van der Waals surface area contributed by atoms with E-state index in [0.717, 1.165) is 48.2 Å². The number of piperazine rings is 1. The van der Waals surface area contributed by atoms with Crippen LogP contribution in [0.15, 0.2) is 18.2 Å². The highest BCUT2D eigenvalue weighted by Crippen LogP contribution is 2.37. The summed E-state index contributed by atoms with van der Waals surface area (Å²) in [6.07, 6.45) is 1.09. The van der Waals surface area contributed by atoms with E-state index < -0.39 is 0 Å². The first-order valence-electron chi connectivity index (χ1n) is 6.98. The fraction of sp³-hybridized carbons (Fsp3) is 0.600. The van der Waals surface area contributed by atoms with E-state index in [1.54, 1.807) is 0 Å². The first-order chi connectivity index (χ1) is 9.09. The van der Waals surface area contributed by atoms with Gasteiger partial charge < -0.3 is 5.32 Å². The number of nitrogens with zero attached hydrogens (tertiary/aromatic N) is 1. The van der Waals surface area contributed by atoms with E-state index >= 15 is 0 Å². The van der Waals surface area contributed by atoms with Gasteiger partial charge in [0.2, 0.25) is 0 Å². The Hall–Kier alpha value is -0.280. The van der Waals surface area contributed by atoms with Crippen LogP contribution in [-0.2, 0) is 0 Å². The number of hydrogen-bond donors (Lipinski definition) is 1. The second kappa shape index (κ2) is 6.94. The maximum atomic E-state index is 6.40. The second-order valence-electron chi connectivity index (χ2n) is 5.57. The average molecular weight is 301 g/mol. The summed E-state index contributed by atoms with van der Waals surface area (Å²) in [5.41, 5.74) is 1.10. The predicted molar refractivity (Wildman–Crippen MR) is 83.1 cm³/mol. The van der Waals surface area contributed by atoms with Gasteiger partial charge in [0.25, 0.3) is 0 Å². The number of halogens is 2. The highest BCUT2D eigenvalue weighted by Gasteiger charge is 2.26. The summed E-state index contributed by atoms with van der Waals surface area (Å²) in [7, 11) is 0. The minimum absolute atomic E-state index is 0.322. The third kappa shape index (κ3) is 3.85. The van der Waals surface area contributed by atoms with E-state index in [9.17, 15) is 0 Å². The van der Waals surface area contributed by atoms with Gasteiger partial charge in [-0.25, -0.2) is 0 Å². The summed E-state index contributed by atoms with van der Waals surface area (Å²) in [6, 6.07) is 6.12. The van der Waals surface area contributed by atoms with Crippen LogP contribution in [-0.4, -0.2) is 31.1 Å². The minimum atomic E-state index is 0.322. The van der Waals surface area contributed by atoms with Gasteiger partial charge in [-0.1, -0.05) is 43.1 Å². The van der Waals surface area contributed by atoms with E-state index in [4.69, 9.17) is 23.2 Å². The average Bonchev–Trinajstić information content (AvgIpc) is 2.38. The third-order valence-corrected chi connectivity index (χ3v) is 4.28. The molecule has 19 heavy (non-hydrogen) atoms. The zero-order valence-electron chi connectivity index (χ0n) is 11.6. The largest absolute Gasteiger partial charge is 0.314 e. The quantitative estimate of drug-likeness (QED) is 0.904. The van der Waals surface area contributed by atoms with E-state index in [1.165, 1.54) is 0 Å². The van der Waals surface area contributed by atoms with Crippen LogP contribution in [0.2, 0.25) is 10.0 Å². The Morgan fingerprint density at radius 1 is 1.16 bits per heavy atom. The van der Waals surface area contributed by atoms with Gasteiger partial charge >= 0.3 is 0 Å². The molecule has 0 aromatic heterocycles. The lowest BCUT2D eigenvalue weighted by Gasteiger charge is -2.37. The topological polar surface area (TPSA) is 15.3 Å². The van der Waals surface area contributed by atoms with Gasteiger partial charge in [-0.15, -0.1) is 0 Å². The molecule has 2 nitrogen and oxygen atoms in total. The van der Waals surface area contributed by atoms with Crippen molar-refractivity contribution in [2.45, 2.75) is 26.3 Å². The van der Waals surface area contributed by atoms with Crippen LogP contribution in [0.4, 0.5) is 0 Å². The molecule has 1 fully saturated rings. The molecule has 0 saturated carbocycles. The summed E-state index contributed by atoms with van der Waals surface area (Å²) >= 11 is 12.8. The predicted octanol–water partition coefficient (Wildman–Crippen LogP) is 3.99.